The SMILES string of the molecule is CCCc1[nH]nc(C(=O)NC(C)CC(C)C)c1S(N)(=O)=O. The zero-order chi connectivity index (χ0) is 16.2. The zero-order valence-corrected chi connectivity index (χ0v) is 13.8. The molecule has 1 atom stereocenters. The molecule has 4 N–H and O–H groups in total. The Labute approximate surface area is 125 Å². The number of nitrogens with zero attached hydrogens (tertiary/aromatic N) is 1. The van der Waals surface area contributed by atoms with Crippen molar-refractivity contribution in [2.45, 2.75) is 57.9 Å². The highest BCUT2D eigenvalue weighted by molar-refractivity contribution is 7.89. The number of aromatic amines is 1. The van der Waals surface area contributed by atoms with Crippen LogP contribution in [0.25, 0.3) is 0 Å². The first-order valence-corrected chi connectivity index (χ1v) is 8.62. The second-order valence-electron chi connectivity index (χ2n) is 5.68. The maximum absolute atomic E-state index is 12.2. The summed E-state index contributed by atoms with van der Waals surface area (Å²) in [6, 6.07) is -0.0721. The molecule has 1 heterocycles. The number of rotatable bonds is 7. The number of carbonyl (C=O) groups is 1. The molecule has 120 valence electrons. The maximum Gasteiger partial charge on any atom is 0.273 e. The number of nitrogens with one attached hydrogen (secondary N) is 2. The molecule has 0 radical (unpaired) electrons. The lowest BCUT2D eigenvalue weighted by Gasteiger charge is -2.15. The van der Waals surface area contributed by atoms with Crippen LogP contribution in [-0.2, 0) is 16.4 Å². The number of carbonyl (C=O) groups excluding carboxylic acids is 1. The zero-order valence-electron chi connectivity index (χ0n) is 12.9. The van der Waals surface area contributed by atoms with Gasteiger partial charge in [0.25, 0.3) is 5.91 Å². The molecular formula is C13H24N4O3S. The molecule has 7 nitrogen and oxygen atoms in total. The van der Waals surface area contributed by atoms with E-state index in [2.05, 4.69) is 15.5 Å². The summed E-state index contributed by atoms with van der Waals surface area (Å²) in [6.45, 7) is 7.87. The number of H-pyrrole nitrogens is 1. The number of hydrogen-bond acceptors (Lipinski definition) is 4. The van der Waals surface area contributed by atoms with Crippen molar-refractivity contribution in [1.29, 1.82) is 0 Å². The average molecular weight is 316 g/mol. The van der Waals surface area contributed by atoms with Gasteiger partial charge in [0.15, 0.2) is 5.69 Å². The predicted octanol–water partition coefficient (Wildman–Crippen LogP) is 1.17. The van der Waals surface area contributed by atoms with Gasteiger partial charge in [0, 0.05) is 6.04 Å². The molecule has 0 aromatic carbocycles. The molecule has 1 aromatic rings. The van der Waals surface area contributed by atoms with Gasteiger partial charge in [-0.3, -0.25) is 9.89 Å². The highest BCUT2D eigenvalue weighted by Crippen LogP contribution is 2.18. The fraction of sp³-hybridized carbons (Fsp3) is 0.692. The van der Waals surface area contributed by atoms with Gasteiger partial charge in [-0.15, -0.1) is 0 Å². The summed E-state index contributed by atoms with van der Waals surface area (Å²) in [6.07, 6.45) is 1.98. The standard InChI is InChI=1S/C13H24N4O3S/c1-5-6-10-12(21(14,19)20)11(17-16-10)13(18)15-9(4)7-8(2)3/h8-9H,5-7H2,1-4H3,(H,15,18)(H,16,17)(H2,14,19,20). The van der Waals surface area contributed by atoms with E-state index in [1.807, 2.05) is 27.7 Å². The maximum atomic E-state index is 12.2. The Morgan fingerprint density at radius 1 is 1.38 bits per heavy atom. The van der Waals surface area contributed by atoms with Crippen molar-refractivity contribution in [2.24, 2.45) is 11.1 Å². The summed E-state index contributed by atoms with van der Waals surface area (Å²) in [7, 11) is -4.00. The molecule has 0 bridgehead atoms. The van der Waals surface area contributed by atoms with Crippen molar-refractivity contribution in [3.8, 4) is 0 Å². The van der Waals surface area contributed by atoms with E-state index in [4.69, 9.17) is 5.14 Å². The average Bonchev–Trinajstić information content (AvgIpc) is 2.71. The second-order valence-corrected chi connectivity index (χ2v) is 7.18. The van der Waals surface area contributed by atoms with E-state index in [1.165, 1.54) is 0 Å². The van der Waals surface area contributed by atoms with Crippen molar-refractivity contribution >= 4 is 15.9 Å². The van der Waals surface area contributed by atoms with E-state index in [0.717, 1.165) is 12.8 Å². The Kier molecular flexibility index (Phi) is 5.91. The minimum absolute atomic E-state index is 0.0721. The van der Waals surface area contributed by atoms with Crippen LogP contribution in [-0.4, -0.2) is 30.6 Å². The summed E-state index contributed by atoms with van der Waals surface area (Å²) in [4.78, 5) is 12.0. The Morgan fingerprint density at radius 3 is 2.48 bits per heavy atom. The normalized spacial score (nSPS) is 13.4. The molecule has 0 fully saturated rings. The molecule has 1 aromatic heterocycles. The van der Waals surface area contributed by atoms with E-state index in [0.29, 0.717) is 18.0 Å². The van der Waals surface area contributed by atoms with Crippen molar-refractivity contribution in [3.05, 3.63) is 11.4 Å². The van der Waals surface area contributed by atoms with Gasteiger partial charge >= 0.3 is 0 Å². The Bertz CT molecular complexity index is 593. The summed E-state index contributed by atoms with van der Waals surface area (Å²) in [5.74, 6) is -0.0985. The fourth-order valence-corrected chi connectivity index (χ4v) is 3.20. The number of hydrogen-bond donors (Lipinski definition) is 3. The third kappa shape index (κ3) is 4.82. The smallest absolute Gasteiger partial charge is 0.273 e. The van der Waals surface area contributed by atoms with Crippen LogP contribution in [0.5, 0.6) is 0 Å². The highest BCUT2D eigenvalue weighted by atomic mass is 32.2. The van der Waals surface area contributed by atoms with Crippen LogP contribution in [0.1, 0.15) is 56.7 Å². The van der Waals surface area contributed by atoms with E-state index >= 15 is 0 Å². The quantitative estimate of drug-likeness (QED) is 0.699. The summed E-state index contributed by atoms with van der Waals surface area (Å²) in [5, 5.41) is 14.4. The Hall–Kier alpha value is -1.41. The fourth-order valence-electron chi connectivity index (χ4n) is 2.31. The molecular weight excluding hydrogens is 292 g/mol. The first kappa shape index (κ1) is 17.6. The van der Waals surface area contributed by atoms with Gasteiger partial charge in [0.1, 0.15) is 4.90 Å². The van der Waals surface area contributed by atoms with E-state index in [1.54, 1.807) is 0 Å². The molecule has 1 unspecified atom stereocenters. The first-order chi connectivity index (χ1) is 9.66. The Morgan fingerprint density at radius 2 is 2.00 bits per heavy atom. The molecule has 0 aliphatic heterocycles. The topological polar surface area (TPSA) is 118 Å². The monoisotopic (exact) mass is 316 g/mol. The van der Waals surface area contributed by atoms with Crippen LogP contribution in [0, 0.1) is 5.92 Å². The van der Waals surface area contributed by atoms with Crippen LogP contribution < -0.4 is 10.5 Å². The molecule has 1 rings (SSSR count). The van der Waals surface area contributed by atoms with Crippen molar-refractivity contribution in [1.82, 2.24) is 15.5 Å². The van der Waals surface area contributed by atoms with Gasteiger partial charge in [0.2, 0.25) is 10.0 Å². The summed E-state index contributed by atoms with van der Waals surface area (Å²) >= 11 is 0. The minimum atomic E-state index is -4.00. The number of nitrogens with two attached hydrogens (primary N) is 1. The Balaban J connectivity index is 3.05. The van der Waals surface area contributed by atoms with E-state index < -0.39 is 15.9 Å². The van der Waals surface area contributed by atoms with E-state index in [9.17, 15) is 13.2 Å². The largest absolute Gasteiger partial charge is 0.348 e. The van der Waals surface area contributed by atoms with Gasteiger partial charge in [-0.05, 0) is 25.7 Å². The summed E-state index contributed by atoms with van der Waals surface area (Å²) < 4.78 is 23.4. The number of sulfonamides is 1. The van der Waals surface area contributed by atoms with Gasteiger partial charge in [-0.2, -0.15) is 5.10 Å². The predicted molar refractivity (Wildman–Crippen MR) is 80.3 cm³/mol. The molecule has 0 saturated carbocycles. The molecule has 0 spiro atoms. The van der Waals surface area contributed by atoms with Gasteiger partial charge in [-0.25, -0.2) is 13.6 Å². The van der Waals surface area contributed by atoms with Gasteiger partial charge in [0.05, 0.1) is 5.69 Å². The summed E-state index contributed by atoms with van der Waals surface area (Å²) in [5.41, 5.74) is 0.221. The number of aryl methyl sites for hydroxylation is 1. The van der Waals surface area contributed by atoms with Crippen LogP contribution in [0.15, 0.2) is 4.90 Å². The molecule has 0 saturated heterocycles. The number of amides is 1. The van der Waals surface area contributed by atoms with Crippen LogP contribution in [0.2, 0.25) is 0 Å². The molecule has 0 aliphatic rings. The third-order valence-corrected chi connectivity index (χ3v) is 4.00. The number of primary sulfonamides is 1. The van der Waals surface area contributed by atoms with Crippen LogP contribution in [0.4, 0.5) is 0 Å². The van der Waals surface area contributed by atoms with Crippen LogP contribution >= 0.6 is 0 Å². The molecule has 0 aliphatic carbocycles. The van der Waals surface area contributed by atoms with Crippen LogP contribution in [0.3, 0.4) is 0 Å². The molecule has 21 heavy (non-hydrogen) atoms. The van der Waals surface area contributed by atoms with Crippen molar-refractivity contribution in [3.63, 3.8) is 0 Å². The molecule has 8 heteroatoms. The van der Waals surface area contributed by atoms with Crippen molar-refractivity contribution in [2.75, 3.05) is 0 Å². The lowest BCUT2D eigenvalue weighted by Crippen LogP contribution is -2.35. The van der Waals surface area contributed by atoms with Gasteiger partial charge in [-0.1, -0.05) is 27.2 Å². The first-order valence-electron chi connectivity index (χ1n) is 7.07. The van der Waals surface area contributed by atoms with Gasteiger partial charge < -0.3 is 5.32 Å². The number of aromatic nitrogens is 2. The van der Waals surface area contributed by atoms with E-state index in [-0.39, 0.29) is 16.6 Å². The molecule has 1 amide bonds. The lowest BCUT2D eigenvalue weighted by atomic mass is 10.1. The second kappa shape index (κ2) is 7.04. The lowest BCUT2D eigenvalue weighted by molar-refractivity contribution is 0.0927. The highest BCUT2D eigenvalue weighted by Gasteiger charge is 2.27. The third-order valence-electron chi connectivity index (χ3n) is 2.99. The minimum Gasteiger partial charge on any atom is -0.348 e. The van der Waals surface area contributed by atoms with Crippen molar-refractivity contribution < 1.29 is 13.2 Å².